The number of thioether (sulfide) groups is 1. The highest BCUT2D eigenvalue weighted by Gasteiger charge is 2.33. The Hall–Kier alpha value is -2.71. The lowest BCUT2D eigenvalue weighted by molar-refractivity contribution is -0.129. The van der Waals surface area contributed by atoms with Gasteiger partial charge in [0.15, 0.2) is 5.16 Å². The Morgan fingerprint density at radius 2 is 2.06 bits per heavy atom. The van der Waals surface area contributed by atoms with Gasteiger partial charge in [0, 0.05) is 23.2 Å². The van der Waals surface area contributed by atoms with Crippen LogP contribution in [0, 0.1) is 0 Å². The van der Waals surface area contributed by atoms with Crippen LogP contribution in [0.5, 0.6) is 11.5 Å². The zero-order chi connectivity index (χ0) is 21.8. The van der Waals surface area contributed by atoms with E-state index in [1.165, 1.54) is 11.8 Å². The summed E-state index contributed by atoms with van der Waals surface area (Å²) in [6.07, 6.45) is 3.65. The third-order valence-electron chi connectivity index (χ3n) is 5.06. The zero-order valence-electron chi connectivity index (χ0n) is 17.3. The van der Waals surface area contributed by atoms with Crippen molar-refractivity contribution in [2.75, 3.05) is 20.0 Å². The number of benzene rings is 2. The first kappa shape index (κ1) is 21.5. The van der Waals surface area contributed by atoms with Crippen molar-refractivity contribution in [3.63, 3.8) is 0 Å². The van der Waals surface area contributed by atoms with Crippen LogP contribution in [-0.4, -0.2) is 51.6 Å². The molecular formula is C22H23ClN4O3S. The summed E-state index contributed by atoms with van der Waals surface area (Å²) in [5.41, 5.74) is 1.78. The van der Waals surface area contributed by atoms with Gasteiger partial charge in [-0.15, -0.1) is 10.2 Å². The summed E-state index contributed by atoms with van der Waals surface area (Å²) in [7, 11) is 3.26. The molecule has 1 fully saturated rings. The van der Waals surface area contributed by atoms with E-state index in [1.54, 1.807) is 20.5 Å². The minimum atomic E-state index is 0.0537. The fraction of sp³-hybridized carbons (Fsp3) is 0.318. The molecule has 0 bridgehead atoms. The summed E-state index contributed by atoms with van der Waals surface area (Å²) in [6.45, 7) is 0.478. The monoisotopic (exact) mass is 458 g/mol. The third kappa shape index (κ3) is 5.14. The van der Waals surface area contributed by atoms with Crippen molar-refractivity contribution < 1.29 is 14.3 Å². The molecule has 1 saturated carbocycles. The maximum Gasteiger partial charge on any atom is 0.233 e. The first-order chi connectivity index (χ1) is 15.1. The van der Waals surface area contributed by atoms with Crippen molar-refractivity contribution in [1.82, 2.24) is 19.7 Å². The summed E-state index contributed by atoms with van der Waals surface area (Å²) in [4.78, 5) is 15.1. The second-order valence-corrected chi connectivity index (χ2v) is 8.56. The second-order valence-electron chi connectivity index (χ2n) is 7.18. The van der Waals surface area contributed by atoms with Crippen LogP contribution in [0.25, 0.3) is 5.69 Å². The van der Waals surface area contributed by atoms with Gasteiger partial charge in [0.2, 0.25) is 5.91 Å². The highest BCUT2D eigenvalue weighted by Crippen LogP contribution is 2.33. The van der Waals surface area contributed by atoms with E-state index in [4.69, 9.17) is 21.1 Å². The van der Waals surface area contributed by atoms with E-state index in [0.29, 0.717) is 16.7 Å². The molecule has 0 N–H and O–H groups in total. The summed E-state index contributed by atoms with van der Waals surface area (Å²) < 4.78 is 12.7. The number of nitrogens with zero attached hydrogens (tertiary/aromatic N) is 4. The minimum Gasteiger partial charge on any atom is -0.497 e. The molecule has 3 aromatic rings. The smallest absolute Gasteiger partial charge is 0.233 e. The Morgan fingerprint density at radius 1 is 1.23 bits per heavy atom. The predicted molar refractivity (Wildman–Crippen MR) is 120 cm³/mol. The summed E-state index contributed by atoms with van der Waals surface area (Å²) in [5, 5.41) is 9.45. The molecule has 1 aliphatic rings. The fourth-order valence-electron chi connectivity index (χ4n) is 3.33. The number of hydrogen-bond donors (Lipinski definition) is 0. The number of ether oxygens (including phenoxy) is 2. The fourth-order valence-corrected chi connectivity index (χ4v) is 4.33. The Kier molecular flexibility index (Phi) is 6.67. The van der Waals surface area contributed by atoms with Crippen LogP contribution in [0.15, 0.2) is 53.9 Å². The van der Waals surface area contributed by atoms with E-state index in [1.807, 2.05) is 51.9 Å². The molecule has 4 rings (SSSR count). The van der Waals surface area contributed by atoms with E-state index >= 15 is 0 Å². The number of carbonyl (C=O) groups excluding carboxylic acids is 1. The van der Waals surface area contributed by atoms with E-state index < -0.39 is 0 Å². The Morgan fingerprint density at radius 3 is 2.77 bits per heavy atom. The number of carbonyl (C=O) groups is 1. The normalized spacial score (nSPS) is 13.1. The number of aromatic nitrogens is 3. The highest BCUT2D eigenvalue weighted by molar-refractivity contribution is 7.99. The number of halogens is 1. The molecule has 0 aliphatic heterocycles. The number of hydrogen-bond acceptors (Lipinski definition) is 6. The lowest BCUT2D eigenvalue weighted by atomic mass is 10.1. The standard InChI is InChI=1S/C22H23ClN4O3S/c1-29-19-8-9-20(30-2)15(10-19)12-26(17-6-7-17)21(28)13-31-22-25-24-14-27(22)18-5-3-4-16(23)11-18/h3-5,8-11,14,17H,6-7,12-13H2,1-2H3. The van der Waals surface area contributed by atoms with Gasteiger partial charge < -0.3 is 14.4 Å². The summed E-state index contributed by atoms with van der Waals surface area (Å²) in [5.74, 6) is 1.80. The van der Waals surface area contributed by atoms with Crippen molar-refractivity contribution in [2.45, 2.75) is 30.6 Å². The van der Waals surface area contributed by atoms with Gasteiger partial charge >= 0.3 is 0 Å². The molecule has 0 saturated heterocycles. The lowest BCUT2D eigenvalue weighted by Gasteiger charge is -2.23. The largest absolute Gasteiger partial charge is 0.497 e. The molecule has 0 spiro atoms. The number of rotatable bonds is 9. The molecule has 0 radical (unpaired) electrons. The van der Waals surface area contributed by atoms with Crippen molar-refractivity contribution in [1.29, 1.82) is 0 Å². The van der Waals surface area contributed by atoms with Gasteiger partial charge in [0.05, 0.1) is 25.7 Å². The molecule has 7 nitrogen and oxygen atoms in total. The molecule has 0 unspecified atom stereocenters. The molecule has 0 atom stereocenters. The maximum atomic E-state index is 13.1. The molecule has 31 heavy (non-hydrogen) atoms. The molecule has 2 aromatic carbocycles. The van der Waals surface area contributed by atoms with Gasteiger partial charge in [-0.3, -0.25) is 9.36 Å². The zero-order valence-corrected chi connectivity index (χ0v) is 18.9. The van der Waals surface area contributed by atoms with Crippen LogP contribution in [0.4, 0.5) is 0 Å². The lowest BCUT2D eigenvalue weighted by Crippen LogP contribution is -2.34. The van der Waals surface area contributed by atoms with Gasteiger partial charge in [-0.1, -0.05) is 29.4 Å². The van der Waals surface area contributed by atoms with Crippen LogP contribution in [0.3, 0.4) is 0 Å². The maximum absolute atomic E-state index is 13.1. The van der Waals surface area contributed by atoms with E-state index in [9.17, 15) is 4.79 Å². The first-order valence-electron chi connectivity index (χ1n) is 9.88. The Labute approximate surface area is 190 Å². The van der Waals surface area contributed by atoms with Gasteiger partial charge in [-0.2, -0.15) is 0 Å². The molecule has 9 heteroatoms. The molecule has 162 valence electrons. The van der Waals surface area contributed by atoms with E-state index in [0.717, 1.165) is 35.6 Å². The Bertz CT molecular complexity index is 1070. The van der Waals surface area contributed by atoms with Crippen LogP contribution in [-0.2, 0) is 11.3 Å². The molecular weight excluding hydrogens is 436 g/mol. The topological polar surface area (TPSA) is 69.5 Å². The quantitative estimate of drug-likeness (QED) is 0.447. The average Bonchev–Trinajstić information content (AvgIpc) is 3.52. The molecule has 1 aliphatic carbocycles. The first-order valence-corrected chi connectivity index (χ1v) is 11.2. The molecule has 1 heterocycles. The van der Waals surface area contributed by atoms with Crippen molar-refractivity contribution in [2.24, 2.45) is 0 Å². The minimum absolute atomic E-state index is 0.0537. The second kappa shape index (κ2) is 9.62. The van der Waals surface area contributed by atoms with E-state index in [-0.39, 0.29) is 17.7 Å². The van der Waals surface area contributed by atoms with Gasteiger partial charge in [-0.05, 0) is 49.2 Å². The van der Waals surface area contributed by atoms with Crippen LogP contribution >= 0.6 is 23.4 Å². The molecule has 1 amide bonds. The van der Waals surface area contributed by atoms with Crippen LogP contribution in [0.1, 0.15) is 18.4 Å². The average molecular weight is 459 g/mol. The van der Waals surface area contributed by atoms with Crippen LogP contribution in [0.2, 0.25) is 5.02 Å². The third-order valence-corrected chi connectivity index (χ3v) is 6.23. The number of amides is 1. The predicted octanol–water partition coefficient (Wildman–Crippen LogP) is 4.22. The van der Waals surface area contributed by atoms with E-state index in [2.05, 4.69) is 10.2 Å². The van der Waals surface area contributed by atoms with Crippen molar-refractivity contribution in [3.05, 3.63) is 59.4 Å². The van der Waals surface area contributed by atoms with Gasteiger partial charge in [0.1, 0.15) is 17.8 Å². The summed E-state index contributed by atoms with van der Waals surface area (Å²) in [6, 6.07) is 13.3. The SMILES string of the molecule is COc1ccc(OC)c(CN(C(=O)CSc2nncn2-c2cccc(Cl)c2)C2CC2)c1. The van der Waals surface area contributed by atoms with Gasteiger partial charge in [0.25, 0.3) is 0 Å². The molecule has 1 aromatic heterocycles. The number of methoxy groups -OCH3 is 2. The summed E-state index contributed by atoms with van der Waals surface area (Å²) >= 11 is 7.47. The van der Waals surface area contributed by atoms with Crippen LogP contribution < -0.4 is 9.47 Å². The highest BCUT2D eigenvalue weighted by atomic mass is 35.5. The Balaban J connectivity index is 1.47. The van der Waals surface area contributed by atoms with Crippen molar-refractivity contribution >= 4 is 29.3 Å². The van der Waals surface area contributed by atoms with Gasteiger partial charge in [-0.25, -0.2) is 0 Å². The van der Waals surface area contributed by atoms with Crippen molar-refractivity contribution in [3.8, 4) is 17.2 Å².